The van der Waals surface area contributed by atoms with Gasteiger partial charge < -0.3 is 19.7 Å². The van der Waals surface area contributed by atoms with Crippen molar-refractivity contribution in [3.05, 3.63) is 58.7 Å². The van der Waals surface area contributed by atoms with E-state index in [1.165, 1.54) is 12.0 Å². The maximum Gasteiger partial charge on any atom is 0.261 e. The van der Waals surface area contributed by atoms with Gasteiger partial charge in [0.05, 0.1) is 25.3 Å². The van der Waals surface area contributed by atoms with E-state index >= 15 is 0 Å². The van der Waals surface area contributed by atoms with E-state index < -0.39 is 0 Å². The summed E-state index contributed by atoms with van der Waals surface area (Å²) in [6.45, 7) is 1.68. The molecule has 2 heterocycles. The molecule has 39 heavy (non-hydrogen) atoms. The minimum Gasteiger partial charge on any atom is -0.493 e. The van der Waals surface area contributed by atoms with Crippen molar-refractivity contribution in [3.63, 3.8) is 0 Å². The molecule has 206 valence electrons. The van der Waals surface area contributed by atoms with Crippen LogP contribution in [0.4, 0.5) is 0 Å². The molecule has 2 fully saturated rings. The number of methoxy groups -OCH3 is 2. The third-order valence-corrected chi connectivity index (χ3v) is 8.20. The van der Waals surface area contributed by atoms with Crippen LogP contribution < -0.4 is 14.8 Å². The molecular weight excluding hydrogens is 498 g/mol. The Morgan fingerprint density at radius 2 is 1.49 bits per heavy atom. The number of hydrogen-bond acceptors (Lipinski definition) is 6. The monoisotopic (exact) mass is 533 g/mol. The number of ether oxygens (including phenoxy) is 2. The first-order valence-electron chi connectivity index (χ1n) is 13.7. The van der Waals surface area contributed by atoms with E-state index in [-0.39, 0.29) is 35.6 Å². The van der Waals surface area contributed by atoms with Crippen molar-refractivity contribution in [1.29, 1.82) is 0 Å². The number of benzene rings is 2. The number of piperidine rings is 1. The Morgan fingerprint density at radius 3 is 2.18 bits per heavy atom. The number of imide groups is 1. The number of likely N-dealkylation sites (tertiary alicyclic amines) is 1. The van der Waals surface area contributed by atoms with Gasteiger partial charge in [-0.2, -0.15) is 0 Å². The highest BCUT2D eigenvalue weighted by Gasteiger charge is 2.40. The van der Waals surface area contributed by atoms with Gasteiger partial charge in [0.2, 0.25) is 0 Å². The van der Waals surface area contributed by atoms with Crippen LogP contribution in [0.5, 0.6) is 11.5 Å². The van der Waals surface area contributed by atoms with Gasteiger partial charge in [0.25, 0.3) is 23.6 Å². The molecular formula is C30H35N3O6. The minimum absolute atomic E-state index is 0.0482. The largest absolute Gasteiger partial charge is 0.493 e. The first-order valence-corrected chi connectivity index (χ1v) is 13.7. The molecule has 0 radical (unpaired) electrons. The standard InChI is InChI=1S/C30H35N3O6/c1-38-25-11-9-21(17-26(25)39-2)28(35)32-14-12-19(13-15-32)18-31-27(34)20-8-10-23-24(16-20)30(37)33(29(23)36)22-6-4-3-5-7-22/h8-11,16-17,19,22H,3-7,12-15,18H2,1-2H3,(H,31,34). The summed E-state index contributed by atoms with van der Waals surface area (Å²) in [7, 11) is 3.09. The van der Waals surface area contributed by atoms with Gasteiger partial charge in [0, 0.05) is 36.8 Å². The lowest BCUT2D eigenvalue weighted by atomic mass is 9.94. The number of carbonyl (C=O) groups is 4. The molecule has 5 rings (SSSR count). The molecule has 9 nitrogen and oxygen atoms in total. The molecule has 0 aromatic heterocycles. The van der Waals surface area contributed by atoms with E-state index in [0.717, 1.165) is 44.9 Å². The van der Waals surface area contributed by atoms with Gasteiger partial charge in [-0.25, -0.2) is 0 Å². The smallest absolute Gasteiger partial charge is 0.261 e. The van der Waals surface area contributed by atoms with Crippen LogP contribution in [0.25, 0.3) is 0 Å². The predicted molar refractivity (Wildman–Crippen MR) is 144 cm³/mol. The third kappa shape index (κ3) is 5.35. The molecule has 2 aliphatic heterocycles. The molecule has 0 atom stereocenters. The van der Waals surface area contributed by atoms with Crippen LogP contribution in [0, 0.1) is 5.92 Å². The minimum atomic E-state index is -0.289. The lowest BCUT2D eigenvalue weighted by molar-refractivity contribution is 0.0548. The topological polar surface area (TPSA) is 105 Å². The van der Waals surface area contributed by atoms with Gasteiger partial charge in [-0.3, -0.25) is 24.1 Å². The van der Waals surface area contributed by atoms with Gasteiger partial charge in [0.1, 0.15) is 0 Å². The molecule has 1 saturated carbocycles. The van der Waals surface area contributed by atoms with Gasteiger partial charge in [0.15, 0.2) is 11.5 Å². The quantitative estimate of drug-likeness (QED) is 0.541. The van der Waals surface area contributed by atoms with E-state index in [0.29, 0.717) is 53.4 Å². The molecule has 4 amide bonds. The number of amides is 4. The zero-order chi connectivity index (χ0) is 27.5. The number of carbonyl (C=O) groups excluding carboxylic acids is 4. The normalized spacial score (nSPS) is 18.2. The molecule has 0 unspecified atom stereocenters. The molecule has 3 aliphatic rings. The Bertz CT molecular complexity index is 1280. The Hall–Kier alpha value is -3.88. The van der Waals surface area contributed by atoms with Crippen LogP contribution in [0.15, 0.2) is 36.4 Å². The number of rotatable bonds is 7. The van der Waals surface area contributed by atoms with Crippen LogP contribution in [0.3, 0.4) is 0 Å². The van der Waals surface area contributed by atoms with E-state index in [1.807, 2.05) is 4.90 Å². The first kappa shape index (κ1) is 26.7. The average Bonchev–Trinajstić information content (AvgIpc) is 3.24. The Morgan fingerprint density at radius 1 is 0.821 bits per heavy atom. The van der Waals surface area contributed by atoms with Gasteiger partial charge in [-0.1, -0.05) is 19.3 Å². The highest BCUT2D eigenvalue weighted by Crippen LogP contribution is 2.32. The summed E-state index contributed by atoms with van der Waals surface area (Å²) in [4.78, 5) is 55.1. The zero-order valence-electron chi connectivity index (χ0n) is 22.5. The van der Waals surface area contributed by atoms with Crippen molar-refractivity contribution < 1.29 is 28.7 Å². The molecule has 0 bridgehead atoms. The fourth-order valence-electron chi connectivity index (χ4n) is 5.90. The second-order valence-corrected chi connectivity index (χ2v) is 10.5. The van der Waals surface area contributed by atoms with Crippen molar-refractivity contribution in [2.24, 2.45) is 5.92 Å². The number of nitrogens with zero attached hydrogens (tertiary/aromatic N) is 2. The van der Waals surface area contributed by atoms with Crippen LogP contribution in [0.2, 0.25) is 0 Å². The summed E-state index contributed by atoms with van der Waals surface area (Å²) in [5, 5.41) is 2.98. The third-order valence-electron chi connectivity index (χ3n) is 8.20. The van der Waals surface area contributed by atoms with E-state index in [9.17, 15) is 19.2 Å². The van der Waals surface area contributed by atoms with Gasteiger partial charge in [-0.05, 0) is 68.0 Å². The fraction of sp³-hybridized carbons (Fsp3) is 0.467. The summed E-state index contributed by atoms with van der Waals surface area (Å²) in [5.41, 5.74) is 1.63. The van der Waals surface area contributed by atoms with Crippen molar-refractivity contribution in [2.45, 2.75) is 51.0 Å². The Balaban J connectivity index is 1.14. The van der Waals surface area contributed by atoms with Crippen molar-refractivity contribution >= 4 is 23.6 Å². The second-order valence-electron chi connectivity index (χ2n) is 10.5. The van der Waals surface area contributed by atoms with Crippen molar-refractivity contribution in [2.75, 3.05) is 33.9 Å². The molecule has 0 spiro atoms. The van der Waals surface area contributed by atoms with Gasteiger partial charge >= 0.3 is 0 Å². The molecule has 1 saturated heterocycles. The van der Waals surface area contributed by atoms with E-state index in [1.54, 1.807) is 43.5 Å². The van der Waals surface area contributed by atoms with E-state index in [2.05, 4.69) is 5.32 Å². The van der Waals surface area contributed by atoms with Crippen molar-refractivity contribution in [3.8, 4) is 11.5 Å². The molecule has 9 heteroatoms. The molecule has 2 aromatic rings. The van der Waals surface area contributed by atoms with Crippen LogP contribution in [-0.2, 0) is 0 Å². The van der Waals surface area contributed by atoms with Crippen LogP contribution >= 0.6 is 0 Å². The van der Waals surface area contributed by atoms with Crippen molar-refractivity contribution in [1.82, 2.24) is 15.1 Å². The van der Waals surface area contributed by atoms with Crippen LogP contribution in [0.1, 0.15) is 86.4 Å². The Labute approximate surface area is 228 Å². The number of nitrogens with one attached hydrogen (secondary N) is 1. The highest BCUT2D eigenvalue weighted by molar-refractivity contribution is 6.22. The average molecular weight is 534 g/mol. The fourth-order valence-corrected chi connectivity index (χ4v) is 5.90. The highest BCUT2D eigenvalue weighted by atomic mass is 16.5. The lowest BCUT2D eigenvalue weighted by Crippen LogP contribution is -2.41. The summed E-state index contributed by atoms with van der Waals surface area (Å²) < 4.78 is 10.6. The SMILES string of the molecule is COc1ccc(C(=O)N2CCC(CNC(=O)c3ccc4c(c3)C(=O)N(C3CCCCC3)C4=O)CC2)cc1OC. The van der Waals surface area contributed by atoms with Crippen LogP contribution in [-0.4, -0.2) is 73.3 Å². The molecule has 1 N–H and O–H groups in total. The zero-order valence-corrected chi connectivity index (χ0v) is 22.5. The summed E-state index contributed by atoms with van der Waals surface area (Å²) in [5.74, 6) is 0.467. The maximum atomic E-state index is 13.1. The number of fused-ring (bicyclic) bond motifs is 1. The number of hydrogen-bond donors (Lipinski definition) is 1. The summed E-state index contributed by atoms with van der Waals surface area (Å²) in [6, 6.07) is 9.88. The first-order chi connectivity index (χ1) is 18.9. The maximum absolute atomic E-state index is 13.1. The lowest BCUT2D eigenvalue weighted by Gasteiger charge is -2.32. The summed E-state index contributed by atoms with van der Waals surface area (Å²) in [6.07, 6.45) is 6.41. The second kappa shape index (κ2) is 11.5. The van der Waals surface area contributed by atoms with E-state index in [4.69, 9.17) is 9.47 Å². The predicted octanol–water partition coefficient (Wildman–Crippen LogP) is 3.91. The molecule has 2 aromatic carbocycles. The molecule has 1 aliphatic carbocycles. The van der Waals surface area contributed by atoms with Gasteiger partial charge in [-0.15, -0.1) is 0 Å². The Kier molecular flexibility index (Phi) is 7.86. The summed E-state index contributed by atoms with van der Waals surface area (Å²) >= 11 is 0.